The molecule has 0 aromatic carbocycles. The Morgan fingerprint density at radius 2 is 1.96 bits per heavy atom. The summed E-state index contributed by atoms with van der Waals surface area (Å²) in [5.41, 5.74) is 1.00. The molecular formula is C15H26N4O3S. The van der Waals surface area contributed by atoms with Crippen LogP contribution in [0.5, 0.6) is 0 Å². The molecule has 8 heteroatoms. The molecule has 0 bridgehead atoms. The minimum atomic E-state index is -3.06. The quantitative estimate of drug-likeness (QED) is 0.801. The Morgan fingerprint density at radius 3 is 2.52 bits per heavy atom. The van der Waals surface area contributed by atoms with Gasteiger partial charge in [-0.1, -0.05) is 0 Å². The molecule has 3 rings (SSSR count). The van der Waals surface area contributed by atoms with E-state index in [1.54, 1.807) is 4.31 Å². The van der Waals surface area contributed by atoms with Crippen molar-refractivity contribution >= 4 is 10.0 Å². The predicted molar refractivity (Wildman–Crippen MR) is 87.6 cm³/mol. The van der Waals surface area contributed by atoms with E-state index in [4.69, 9.17) is 4.74 Å². The van der Waals surface area contributed by atoms with Gasteiger partial charge < -0.3 is 9.30 Å². The van der Waals surface area contributed by atoms with E-state index in [2.05, 4.69) is 9.88 Å². The van der Waals surface area contributed by atoms with Gasteiger partial charge in [0, 0.05) is 45.5 Å². The van der Waals surface area contributed by atoms with Crippen LogP contribution in [0.1, 0.15) is 30.5 Å². The van der Waals surface area contributed by atoms with Gasteiger partial charge in [0.2, 0.25) is 10.0 Å². The summed E-state index contributed by atoms with van der Waals surface area (Å²) in [4.78, 5) is 7.02. The molecule has 0 aliphatic carbocycles. The summed E-state index contributed by atoms with van der Waals surface area (Å²) in [6.45, 7) is 5.66. The highest BCUT2D eigenvalue weighted by atomic mass is 32.2. The number of ether oxygens (including phenoxy) is 1. The minimum Gasteiger partial charge on any atom is -0.368 e. The number of rotatable bonds is 3. The summed E-state index contributed by atoms with van der Waals surface area (Å²) in [5.74, 6) is 0.973. The van der Waals surface area contributed by atoms with E-state index in [1.165, 1.54) is 6.26 Å². The summed E-state index contributed by atoms with van der Waals surface area (Å²) in [6, 6.07) is 0.431. The topological polar surface area (TPSA) is 67.7 Å². The highest BCUT2D eigenvalue weighted by Crippen LogP contribution is 2.26. The molecule has 0 N–H and O–H groups in total. The Bertz CT molecular complexity index is 650. The third kappa shape index (κ3) is 3.76. The van der Waals surface area contributed by atoms with Gasteiger partial charge in [-0.2, -0.15) is 0 Å². The van der Waals surface area contributed by atoms with Crippen LogP contribution in [0.25, 0.3) is 0 Å². The lowest BCUT2D eigenvalue weighted by Gasteiger charge is -2.41. The molecule has 7 nitrogen and oxygen atoms in total. The predicted octanol–water partition coefficient (Wildman–Crippen LogP) is 0.526. The SMILES string of the molecule is Cc1cn(C)c(C2CN(C3CCN(S(C)(=O)=O)CC3)CCO2)n1. The molecule has 0 amide bonds. The Morgan fingerprint density at radius 1 is 1.26 bits per heavy atom. The number of morpholine rings is 1. The molecule has 0 spiro atoms. The third-order valence-corrected chi connectivity index (χ3v) is 6.13. The molecule has 1 aromatic heterocycles. The van der Waals surface area contributed by atoms with Crippen LogP contribution in [0.3, 0.4) is 0 Å². The lowest BCUT2D eigenvalue weighted by Crippen LogP contribution is -2.50. The van der Waals surface area contributed by atoms with Crippen LogP contribution in [-0.2, 0) is 21.8 Å². The number of imidazole rings is 1. The van der Waals surface area contributed by atoms with E-state index < -0.39 is 10.0 Å². The van der Waals surface area contributed by atoms with Gasteiger partial charge in [0.15, 0.2) is 0 Å². The Balaban J connectivity index is 1.62. The average Bonchev–Trinajstić information content (AvgIpc) is 2.85. The molecule has 0 saturated carbocycles. The van der Waals surface area contributed by atoms with Crippen LogP contribution in [0.2, 0.25) is 0 Å². The first-order chi connectivity index (χ1) is 10.8. The van der Waals surface area contributed by atoms with E-state index in [9.17, 15) is 8.42 Å². The van der Waals surface area contributed by atoms with Crippen LogP contribution in [-0.4, -0.2) is 72.3 Å². The van der Waals surface area contributed by atoms with Crippen molar-refractivity contribution in [3.05, 3.63) is 17.7 Å². The van der Waals surface area contributed by atoms with Crippen LogP contribution in [0.15, 0.2) is 6.20 Å². The highest BCUT2D eigenvalue weighted by Gasteiger charge is 2.33. The second kappa shape index (κ2) is 6.51. The van der Waals surface area contributed by atoms with Crippen molar-refractivity contribution in [2.75, 3.05) is 39.0 Å². The fourth-order valence-corrected chi connectivity index (χ4v) is 4.50. The number of sulfonamides is 1. The summed E-state index contributed by atoms with van der Waals surface area (Å²) >= 11 is 0. The molecule has 1 aromatic rings. The molecule has 3 heterocycles. The Labute approximate surface area is 138 Å². The van der Waals surface area contributed by atoms with Crippen molar-refractivity contribution in [1.82, 2.24) is 18.8 Å². The van der Waals surface area contributed by atoms with Gasteiger partial charge in [0.1, 0.15) is 11.9 Å². The van der Waals surface area contributed by atoms with Gasteiger partial charge in [0.25, 0.3) is 0 Å². The Hall–Kier alpha value is -0.960. The average molecular weight is 342 g/mol. The summed E-state index contributed by atoms with van der Waals surface area (Å²) in [7, 11) is -1.06. The molecule has 2 saturated heterocycles. The van der Waals surface area contributed by atoms with Crippen LogP contribution < -0.4 is 0 Å². The van der Waals surface area contributed by atoms with Crippen LogP contribution in [0.4, 0.5) is 0 Å². The zero-order valence-electron chi connectivity index (χ0n) is 14.1. The number of aromatic nitrogens is 2. The molecule has 1 unspecified atom stereocenters. The van der Waals surface area contributed by atoms with E-state index >= 15 is 0 Å². The lowest BCUT2D eigenvalue weighted by atomic mass is 10.0. The molecule has 0 radical (unpaired) electrons. The maximum absolute atomic E-state index is 11.6. The van der Waals surface area contributed by atoms with E-state index in [-0.39, 0.29) is 6.10 Å². The van der Waals surface area contributed by atoms with E-state index in [1.807, 2.05) is 24.7 Å². The smallest absolute Gasteiger partial charge is 0.211 e. The standard InChI is InChI=1S/C15H26N4O3S/c1-12-10-17(2)15(16-12)14-11-18(8-9-22-14)13-4-6-19(7-5-13)23(3,20)21/h10,13-14H,4-9,11H2,1-3H3. The van der Waals surface area contributed by atoms with E-state index in [0.29, 0.717) is 25.7 Å². The number of piperidine rings is 1. The van der Waals surface area contributed by atoms with Crippen molar-refractivity contribution < 1.29 is 13.2 Å². The summed E-state index contributed by atoms with van der Waals surface area (Å²) in [6.07, 6.45) is 5.08. The van der Waals surface area contributed by atoms with Crippen molar-refractivity contribution in [1.29, 1.82) is 0 Å². The molecule has 2 aliphatic rings. The number of aryl methyl sites for hydroxylation is 2. The molecule has 23 heavy (non-hydrogen) atoms. The number of hydrogen-bond donors (Lipinski definition) is 0. The first-order valence-electron chi connectivity index (χ1n) is 8.15. The van der Waals surface area contributed by atoms with Gasteiger partial charge in [-0.3, -0.25) is 4.90 Å². The maximum atomic E-state index is 11.6. The second-order valence-electron chi connectivity index (χ2n) is 6.60. The van der Waals surface area contributed by atoms with Crippen LogP contribution >= 0.6 is 0 Å². The molecule has 130 valence electrons. The van der Waals surface area contributed by atoms with Crippen molar-refractivity contribution in [2.45, 2.75) is 31.9 Å². The van der Waals surface area contributed by atoms with Crippen molar-refractivity contribution in [3.8, 4) is 0 Å². The fourth-order valence-electron chi connectivity index (χ4n) is 3.63. The fraction of sp³-hybridized carbons (Fsp3) is 0.800. The third-order valence-electron chi connectivity index (χ3n) is 4.83. The Kier molecular flexibility index (Phi) is 4.78. The van der Waals surface area contributed by atoms with Gasteiger partial charge in [-0.25, -0.2) is 17.7 Å². The first-order valence-corrected chi connectivity index (χ1v) is 10.00. The zero-order valence-corrected chi connectivity index (χ0v) is 14.9. The van der Waals surface area contributed by atoms with Crippen LogP contribution in [0, 0.1) is 6.92 Å². The van der Waals surface area contributed by atoms with E-state index in [0.717, 1.165) is 37.4 Å². The minimum absolute atomic E-state index is 0.00427. The first kappa shape index (κ1) is 16.9. The monoisotopic (exact) mass is 342 g/mol. The molecule has 1 atom stereocenters. The van der Waals surface area contributed by atoms with Crippen molar-refractivity contribution in [2.24, 2.45) is 7.05 Å². The normalized spacial score (nSPS) is 25.8. The number of nitrogens with zero attached hydrogens (tertiary/aromatic N) is 4. The van der Waals surface area contributed by atoms with Gasteiger partial charge in [0.05, 0.1) is 18.6 Å². The van der Waals surface area contributed by atoms with Gasteiger partial charge >= 0.3 is 0 Å². The zero-order chi connectivity index (χ0) is 16.6. The second-order valence-corrected chi connectivity index (χ2v) is 8.58. The number of hydrogen-bond acceptors (Lipinski definition) is 5. The molecule has 2 fully saturated rings. The summed E-state index contributed by atoms with van der Waals surface area (Å²) in [5, 5.41) is 0. The van der Waals surface area contributed by atoms with Crippen molar-refractivity contribution in [3.63, 3.8) is 0 Å². The molecule has 2 aliphatic heterocycles. The summed E-state index contributed by atoms with van der Waals surface area (Å²) < 4.78 is 32.8. The lowest BCUT2D eigenvalue weighted by molar-refractivity contribution is -0.0557. The molecular weight excluding hydrogens is 316 g/mol. The largest absolute Gasteiger partial charge is 0.368 e. The van der Waals surface area contributed by atoms with Gasteiger partial charge in [-0.05, 0) is 19.8 Å². The maximum Gasteiger partial charge on any atom is 0.211 e. The highest BCUT2D eigenvalue weighted by molar-refractivity contribution is 7.88. The van der Waals surface area contributed by atoms with Gasteiger partial charge in [-0.15, -0.1) is 0 Å².